The predicted octanol–water partition coefficient (Wildman–Crippen LogP) is 1.75. The Morgan fingerprint density at radius 2 is 1.88 bits per heavy atom. The Balaban J connectivity index is 2.27. The molecule has 0 saturated carbocycles. The molecule has 0 aliphatic carbocycles. The van der Waals surface area contributed by atoms with Crippen LogP contribution in [0.5, 0.6) is 0 Å². The number of hydrogen-bond donors (Lipinski definition) is 0. The minimum Gasteiger partial charge on any atom is -0.482 e. The van der Waals surface area contributed by atoms with Crippen LogP contribution in [0.4, 0.5) is 0 Å². The van der Waals surface area contributed by atoms with Crippen molar-refractivity contribution < 1.29 is 13.7 Å². The first-order chi connectivity index (χ1) is 7.58. The van der Waals surface area contributed by atoms with E-state index in [0.29, 0.717) is 5.76 Å². The summed E-state index contributed by atoms with van der Waals surface area (Å²) in [6.45, 7) is 1.72. The van der Waals surface area contributed by atoms with Crippen LogP contribution >= 0.6 is 0 Å². The molecule has 1 aliphatic rings. The van der Waals surface area contributed by atoms with Gasteiger partial charge in [0.25, 0.3) is 0 Å². The van der Waals surface area contributed by atoms with Crippen LogP contribution in [0.2, 0.25) is 0 Å². The van der Waals surface area contributed by atoms with Crippen molar-refractivity contribution in [3.63, 3.8) is 0 Å². The summed E-state index contributed by atoms with van der Waals surface area (Å²) >= 11 is 0. The number of ether oxygens (including phenoxy) is 1. The maximum atomic E-state index is 11.3. The Kier molecular flexibility index (Phi) is 2.92. The van der Waals surface area contributed by atoms with Crippen molar-refractivity contribution in [2.24, 2.45) is 0 Å². The summed E-state index contributed by atoms with van der Waals surface area (Å²) in [5.41, 5.74) is 0.840. The first-order valence-corrected chi connectivity index (χ1v) is 6.50. The minimum atomic E-state index is -0.980. The standard InChI is InChI=1S/C12H12O3S/c1-8-11(13)7-12(15-8)9-3-5-10(6-4-9)16(2)14/h3-8H,1-2H3. The van der Waals surface area contributed by atoms with E-state index in [2.05, 4.69) is 0 Å². The Labute approximate surface area is 96.6 Å². The molecule has 1 aromatic rings. The molecule has 4 heteroatoms. The van der Waals surface area contributed by atoms with E-state index >= 15 is 0 Å². The average molecular weight is 236 g/mol. The summed E-state index contributed by atoms with van der Waals surface area (Å²) in [7, 11) is -0.980. The van der Waals surface area contributed by atoms with E-state index in [1.54, 1.807) is 25.3 Å². The summed E-state index contributed by atoms with van der Waals surface area (Å²) in [4.78, 5) is 12.0. The van der Waals surface area contributed by atoms with Crippen LogP contribution in [0.15, 0.2) is 35.2 Å². The molecule has 0 spiro atoms. The topological polar surface area (TPSA) is 43.4 Å². The van der Waals surface area contributed by atoms with Crippen molar-refractivity contribution in [1.82, 2.24) is 0 Å². The van der Waals surface area contributed by atoms with Crippen molar-refractivity contribution in [2.75, 3.05) is 6.26 Å². The monoisotopic (exact) mass is 236 g/mol. The zero-order chi connectivity index (χ0) is 11.7. The zero-order valence-corrected chi connectivity index (χ0v) is 9.91. The second-order valence-corrected chi connectivity index (χ2v) is 5.03. The number of carbonyl (C=O) groups excluding carboxylic acids is 1. The molecular weight excluding hydrogens is 224 g/mol. The van der Waals surface area contributed by atoms with E-state index in [0.717, 1.165) is 10.5 Å². The molecule has 3 nitrogen and oxygen atoms in total. The third kappa shape index (κ3) is 2.07. The van der Waals surface area contributed by atoms with Gasteiger partial charge in [0.1, 0.15) is 5.76 Å². The molecule has 0 amide bonds. The lowest BCUT2D eigenvalue weighted by molar-refractivity contribution is -0.119. The van der Waals surface area contributed by atoms with Gasteiger partial charge >= 0.3 is 0 Å². The molecule has 0 N–H and O–H groups in total. The van der Waals surface area contributed by atoms with Gasteiger partial charge in [0.15, 0.2) is 11.9 Å². The fourth-order valence-corrected chi connectivity index (χ4v) is 2.01. The highest BCUT2D eigenvalue weighted by Crippen LogP contribution is 2.24. The Morgan fingerprint density at radius 1 is 1.25 bits per heavy atom. The van der Waals surface area contributed by atoms with E-state index in [1.165, 1.54) is 6.08 Å². The van der Waals surface area contributed by atoms with Crippen LogP contribution < -0.4 is 0 Å². The van der Waals surface area contributed by atoms with E-state index in [-0.39, 0.29) is 5.78 Å². The summed E-state index contributed by atoms with van der Waals surface area (Å²) in [6, 6.07) is 7.19. The second-order valence-electron chi connectivity index (χ2n) is 3.65. The Morgan fingerprint density at radius 3 is 2.31 bits per heavy atom. The number of benzene rings is 1. The third-order valence-electron chi connectivity index (χ3n) is 2.45. The van der Waals surface area contributed by atoms with Crippen molar-refractivity contribution >= 4 is 22.3 Å². The number of rotatable bonds is 2. The first kappa shape index (κ1) is 11.1. The lowest BCUT2D eigenvalue weighted by atomic mass is 10.2. The lowest BCUT2D eigenvalue weighted by Crippen LogP contribution is -2.09. The Hall–Kier alpha value is -1.42. The average Bonchev–Trinajstić information content (AvgIpc) is 2.59. The highest BCUT2D eigenvalue weighted by molar-refractivity contribution is 7.84. The van der Waals surface area contributed by atoms with Gasteiger partial charge in [-0.2, -0.15) is 0 Å². The van der Waals surface area contributed by atoms with Gasteiger partial charge in [-0.25, -0.2) is 0 Å². The second kappa shape index (κ2) is 4.22. The quantitative estimate of drug-likeness (QED) is 0.785. The minimum absolute atomic E-state index is 0.0156. The number of carbonyl (C=O) groups is 1. The van der Waals surface area contributed by atoms with Crippen LogP contribution in [0.1, 0.15) is 12.5 Å². The maximum Gasteiger partial charge on any atom is 0.199 e. The van der Waals surface area contributed by atoms with Crippen LogP contribution in [0.3, 0.4) is 0 Å². The third-order valence-corrected chi connectivity index (χ3v) is 3.38. The van der Waals surface area contributed by atoms with Crippen molar-refractivity contribution in [1.29, 1.82) is 0 Å². The van der Waals surface area contributed by atoms with Crippen molar-refractivity contribution in [2.45, 2.75) is 17.9 Å². The van der Waals surface area contributed by atoms with E-state index in [9.17, 15) is 9.00 Å². The van der Waals surface area contributed by atoms with Gasteiger partial charge in [0, 0.05) is 33.6 Å². The maximum absolute atomic E-state index is 11.3. The van der Waals surface area contributed by atoms with Crippen LogP contribution in [0.25, 0.3) is 5.76 Å². The van der Waals surface area contributed by atoms with Crippen LogP contribution in [0, 0.1) is 0 Å². The van der Waals surface area contributed by atoms with Gasteiger partial charge < -0.3 is 4.74 Å². The van der Waals surface area contributed by atoms with Gasteiger partial charge in [-0.05, 0) is 19.1 Å². The first-order valence-electron chi connectivity index (χ1n) is 4.94. The highest BCUT2D eigenvalue weighted by Gasteiger charge is 2.22. The molecular formula is C12H12O3S. The van der Waals surface area contributed by atoms with Gasteiger partial charge in [-0.3, -0.25) is 9.00 Å². The van der Waals surface area contributed by atoms with Crippen LogP contribution in [-0.4, -0.2) is 22.4 Å². The van der Waals surface area contributed by atoms with Gasteiger partial charge in [-0.15, -0.1) is 0 Å². The zero-order valence-electron chi connectivity index (χ0n) is 9.10. The number of hydrogen-bond acceptors (Lipinski definition) is 3. The van der Waals surface area contributed by atoms with Gasteiger partial charge in [-0.1, -0.05) is 12.1 Å². The van der Waals surface area contributed by atoms with E-state index in [1.807, 2.05) is 12.1 Å². The molecule has 0 fully saturated rings. The molecule has 1 aromatic carbocycles. The van der Waals surface area contributed by atoms with E-state index < -0.39 is 16.9 Å². The Bertz CT molecular complexity index is 474. The highest BCUT2D eigenvalue weighted by atomic mass is 32.2. The van der Waals surface area contributed by atoms with Crippen molar-refractivity contribution in [3.8, 4) is 0 Å². The molecule has 0 saturated heterocycles. The molecule has 1 heterocycles. The predicted molar refractivity (Wildman–Crippen MR) is 62.3 cm³/mol. The summed E-state index contributed by atoms with van der Waals surface area (Å²) < 4.78 is 16.6. The van der Waals surface area contributed by atoms with Gasteiger partial charge in [0.05, 0.1) is 0 Å². The van der Waals surface area contributed by atoms with Gasteiger partial charge in [0.2, 0.25) is 0 Å². The molecule has 16 heavy (non-hydrogen) atoms. The fraction of sp³-hybridized carbons (Fsp3) is 0.250. The molecule has 1 aliphatic heterocycles. The SMILES string of the molecule is CC1OC(c2ccc(S(C)=O)cc2)=CC1=O. The van der Waals surface area contributed by atoms with Crippen molar-refractivity contribution in [3.05, 3.63) is 35.9 Å². The van der Waals surface area contributed by atoms with E-state index in [4.69, 9.17) is 4.74 Å². The fourth-order valence-electron chi connectivity index (χ4n) is 1.49. The summed E-state index contributed by atoms with van der Waals surface area (Å²) in [5, 5.41) is 0. The summed E-state index contributed by atoms with van der Waals surface area (Å²) in [5.74, 6) is 0.573. The normalized spacial score (nSPS) is 21.5. The molecule has 0 aromatic heterocycles. The van der Waals surface area contributed by atoms with Crippen LogP contribution in [-0.2, 0) is 20.3 Å². The number of ketones is 1. The largest absolute Gasteiger partial charge is 0.482 e. The lowest BCUT2D eigenvalue weighted by Gasteiger charge is -2.07. The molecule has 2 rings (SSSR count). The molecule has 0 radical (unpaired) electrons. The molecule has 84 valence electrons. The summed E-state index contributed by atoms with van der Waals surface area (Å²) in [6.07, 6.45) is 2.74. The molecule has 0 bridgehead atoms. The molecule has 2 atom stereocenters. The smallest absolute Gasteiger partial charge is 0.199 e. The molecule has 2 unspecified atom stereocenters.